The van der Waals surface area contributed by atoms with Crippen molar-refractivity contribution >= 4 is 27.9 Å². The number of sulfonamides is 1. The van der Waals surface area contributed by atoms with Crippen LogP contribution in [0.4, 0.5) is 0 Å². The number of benzene rings is 2. The Balaban J connectivity index is 1.36. The van der Waals surface area contributed by atoms with Crippen molar-refractivity contribution in [2.45, 2.75) is 0 Å². The van der Waals surface area contributed by atoms with E-state index in [2.05, 4.69) is 0 Å². The molecule has 2 amide bonds. The van der Waals surface area contributed by atoms with Crippen LogP contribution in [-0.2, 0) is 10.0 Å². The summed E-state index contributed by atoms with van der Waals surface area (Å²) in [7, 11) is -3.52. The standard InChI is InChI=1S/C21H21N3O4S/c25-20-18-8-4-5-9-19(18)21(26)24(20)16-22-11-13-23(14-12-22)29(27,28)15-10-17-6-2-1-3-7-17/h1-10,15H,11-14,16H2/b15-10+. The van der Waals surface area contributed by atoms with Gasteiger partial charge in [0.2, 0.25) is 10.0 Å². The van der Waals surface area contributed by atoms with Gasteiger partial charge in [-0.2, -0.15) is 4.31 Å². The lowest BCUT2D eigenvalue weighted by Gasteiger charge is -2.34. The lowest BCUT2D eigenvalue weighted by atomic mass is 10.1. The summed E-state index contributed by atoms with van der Waals surface area (Å²) in [6, 6.07) is 16.0. The molecule has 29 heavy (non-hydrogen) atoms. The molecular weight excluding hydrogens is 390 g/mol. The lowest BCUT2D eigenvalue weighted by molar-refractivity contribution is 0.0501. The van der Waals surface area contributed by atoms with Gasteiger partial charge in [0, 0.05) is 31.6 Å². The highest BCUT2D eigenvalue weighted by atomic mass is 32.2. The van der Waals surface area contributed by atoms with Gasteiger partial charge >= 0.3 is 0 Å². The van der Waals surface area contributed by atoms with Crippen LogP contribution in [0.3, 0.4) is 0 Å². The molecule has 1 saturated heterocycles. The summed E-state index contributed by atoms with van der Waals surface area (Å²) in [5, 5.41) is 1.22. The smallest absolute Gasteiger partial charge is 0.262 e. The Labute approximate surface area is 169 Å². The largest absolute Gasteiger partial charge is 0.283 e. The van der Waals surface area contributed by atoms with Crippen molar-refractivity contribution in [2.75, 3.05) is 32.8 Å². The van der Waals surface area contributed by atoms with Crippen molar-refractivity contribution < 1.29 is 18.0 Å². The maximum atomic E-state index is 12.6. The fraction of sp³-hybridized carbons (Fsp3) is 0.238. The number of amides is 2. The number of imide groups is 1. The number of hydrogen-bond donors (Lipinski definition) is 0. The van der Waals surface area contributed by atoms with Gasteiger partial charge in [-0.25, -0.2) is 8.42 Å². The van der Waals surface area contributed by atoms with Crippen LogP contribution in [0.1, 0.15) is 26.3 Å². The molecule has 0 bridgehead atoms. The van der Waals surface area contributed by atoms with Crippen LogP contribution >= 0.6 is 0 Å². The molecule has 2 aromatic rings. The molecule has 4 rings (SSSR count). The van der Waals surface area contributed by atoms with E-state index in [0.29, 0.717) is 37.3 Å². The molecule has 0 aromatic heterocycles. The Morgan fingerprint density at radius 2 is 1.34 bits per heavy atom. The first-order valence-corrected chi connectivity index (χ1v) is 10.9. The second-order valence-corrected chi connectivity index (χ2v) is 8.82. The molecule has 7 nitrogen and oxygen atoms in total. The van der Waals surface area contributed by atoms with E-state index < -0.39 is 10.0 Å². The molecule has 2 aliphatic heterocycles. The lowest BCUT2D eigenvalue weighted by Crippen LogP contribution is -2.52. The zero-order valence-corrected chi connectivity index (χ0v) is 16.6. The summed E-state index contributed by atoms with van der Waals surface area (Å²) in [6.07, 6.45) is 1.58. The molecule has 0 atom stereocenters. The molecule has 150 valence electrons. The fourth-order valence-electron chi connectivity index (χ4n) is 3.51. The van der Waals surface area contributed by atoms with E-state index in [1.807, 2.05) is 35.2 Å². The zero-order valence-electron chi connectivity index (χ0n) is 15.8. The third kappa shape index (κ3) is 4.00. The summed E-state index contributed by atoms with van der Waals surface area (Å²) in [5.41, 5.74) is 1.66. The molecule has 2 aliphatic rings. The Morgan fingerprint density at radius 3 is 1.93 bits per heavy atom. The molecule has 1 fully saturated rings. The topological polar surface area (TPSA) is 78.0 Å². The Hall–Kier alpha value is -2.81. The van der Waals surface area contributed by atoms with E-state index in [9.17, 15) is 18.0 Å². The van der Waals surface area contributed by atoms with E-state index in [0.717, 1.165) is 5.56 Å². The minimum Gasteiger partial charge on any atom is -0.283 e. The van der Waals surface area contributed by atoms with E-state index in [1.54, 1.807) is 30.3 Å². The van der Waals surface area contributed by atoms with Gasteiger partial charge in [-0.05, 0) is 23.8 Å². The average molecular weight is 411 g/mol. The van der Waals surface area contributed by atoms with Gasteiger partial charge in [-0.1, -0.05) is 42.5 Å². The van der Waals surface area contributed by atoms with Crippen molar-refractivity contribution in [2.24, 2.45) is 0 Å². The van der Waals surface area contributed by atoms with E-state index in [4.69, 9.17) is 0 Å². The Bertz CT molecular complexity index is 1020. The third-order valence-corrected chi connectivity index (χ3v) is 6.71. The first-order chi connectivity index (χ1) is 14.0. The predicted octanol–water partition coefficient (Wildman–Crippen LogP) is 1.86. The minimum absolute atomic E-state index is 0.167. The van der Waals surface area contributed by atoms with Crippen molar-refractivity contribution in [3.05, 3.63) is 76.7 Å². The monoisotopic (exact) mass is 411 g/mol. The predicted molar refractivity (Wildman–Crippen MR) is 109 cm³/mol. The van der Waals surface area contributed by atoms with E-state index in [-0.39, 0.29) is 18.5 Å². The number of piperazine rings is 1. The molecule has 0 spiro atoms. The van der Waals surface area contributed by atoms with Crippen LogP contribution in [0.2, 0.25) is 0 Å². The highest BCUT2D eigenvalue weighted by Crippen LogP contribution is 2.23. The molecule has 2 heterocycles. The molecule has 0 unspecified atom stereocenters. The van der Waals surface area contributed by atoms with Crippen LogP contribution in [0.15, 0.2) is 60.0 Å². The van der Waals surface area contributed by atoms with Gasteiger partial charge < -0.3 is 0 Å². The highest BCUT2D eigenvalue weighted by molar-refractivity contribution is 7.92. The van der Waals surface area contributed by atoms with Crippen LogP contribution in [-0.4, -0.2) is 67.2 Å². The van der Waals surface area contributed by atoms with E-state index in [1.165, 1.54) is 14.6 Å². The summed E-state index contributed by atoms with van der Waals surface area (Å²) in [4.78, 5) is 28.1. The number of rotatable bonds is 5. The van der Waals surface area contributed by atoms with Gasteiger partial charge in [0.25, 0.3) is 11.8 Å². The third-order valence-electron chi connectivity index (χ3n) is 5.14. The van der Waals surface area contributed by atoms with Crippen molar-refractivity contribution in [1.82, 2.24) is 14.1 Å². The summed E-state index contributed by atoms with van der Waals surface area (Å²) in [6.45, 7) is 1.69. The fourth-order valence-corrected chi connectivity index (χ4v) is 4.68. The molecule has 0 radical (unpaired) electrons. The first-order valence-electron chi connectivity index (χ1n) is 9.36. The van der Waals surface area contributed by atoms with Crippen molar-refractivity contribution in [3.8, 4) is 0 Å². The van der Waals surface area contributed by atoms with Crippen LogP contribution in [0.25, 0.3) is 6.08 Å². The van der Waals surface area contributed by atoms with Crippen molar-refractivity contribution in [1.29, 1.82) is 0 Å². The average Bonchev–Trinajstić information content (AvgIpc) is 2.99. The minimum atomic E-state index is -3.52. The molecule has 0 aliphatic carbocycles. The summed E-state index contributed by atoms with van der Waals surface area (Å²) < 4.78 is 26.6. The number of hydrogen-bond acceptors (Lipinski definition) is 5. The zero-order chi connectivity index (χ0) is 20.4. The van der Waals surface area contributed by atoms with Gasteiger partial charge in [0.15, 0.2) is 0 Å². The second-order valence-electron chi connectivity index (χ2n) is 7.00. The van der Waals surface area contributed by atoms with Crippen LogP contribution in [0, 0.1) is 0 Å². The maximum absolute atomic E-state index is 12.6. The van der Waals surface area contributed by atoms with Crippen LogP contribution in [0.5, 0.6) is 0 Å². The van der Waals surface area contributed by atoms with Gasteiger partial charge in [0.1, 0.15) is 0 Å². The van der Waals surface area contributed by atoms with E-state index >= 15 is 0 Å². The van der Waals surface area contributed by atoms with Crippen LogP contribution < -0.4 is 0 Å². The first kappa shape index (κ1) is 19.5. The molecule has 0 saturated carbocycles. The second kappa shape index (κ2) is 7.90. The number of carbonyl (C=O) groups excluding carboxylic acids is 2. The summed E-state index contributed by atoms with van der Waals surface area (Å²) >= 11 is 0. The summed E-state index contributed by atoms with van der Waals surface area (Å²) in [5.74, 6) is -0.599. The normalized spacial score (nSPS) is 18.6. The highest BCUT2D eigenvalue weighted by Gasteiger charge is 2.37. The Kier molecular flexibility index (Phi) is 5.31. The Morgan fingerprint density at radius 1 is 0.793 bits per heavy atom. The molecular formula is C21H21N3O4S. The van der Waals surface area contributed by atoms with Crippen molar-refractivity contribution in [3.63, 3.8) is 0 Å². The quantitative estimate of drug-likeness (QED) is 0.702. The SMILES string of the molecule is O=C1c2ccccc2C(=O)N1CN1CCN(S(=O)(=O)/C=C/c2ccccc2)CC1. The molecule has 2 aromatic carbocycles. The molecule has 8 heteroatoms. The maximum Gasteiger partial charge on any atom is 0.262 e. The number of carbonyl (C=O) groups is 2. The molecule has 0 N–H and O–H groups in total. The van der Waals surface area contributed by atoms with Gasteiger partial charge in [-0.15, -0.1) is 0 Å². The number of fused-ring (bicyclic) bond motifs is 1. The van der Waals surface area contributed by atoms with Gasteiger partial charge in [0.05, 0.1) is 17.8 Å². The number of nitrogens with zero attached hydrogens (tertiary/aromatic N) is 3. The van der Waals surface area contributed by atoms with Gasteiger partial charge in [-0.3, -0.25) is 19.4 Å².